The molecule has 0 aromatic heterocycles. The summed E-state index contributed by atoms with van der Waals surface area (Å²) in [6.45, 7) is 0. The number of carbonyl (C=O) groups is 1. The predicted octanol–water partition coefficient (Wildman–Crippen LogP) is 3.16. The minimum Gasteiger partial charge on any atom is -0.504 e. The van der Waals surface area contributed by atoms with E-state index in [1.165, 1.54) is 13.2 Å². The molecule has 6 heteroatoms. The highest BCUT2D eigenvalue weighted by atomic mass is 35.5. The highest BCUT2D eigenvalue weighted by Crippen LogP contribution is 2.50. The Morgan fingerprint density at radius 2 is 2.26 bits per heavy atom. The number of carboxylic acids is 1. The van der Waals surface area contributed by atoms with Crippen molar-refractivity contribution in [3.05, 3.63) is 22.5 Å². The Hall–Kier alpha value is -1.49. The van der Waals surface area contributed by atoms with E-state index < -0.39 is 11.8 Å². The zero-order valence-electron chi connectivity index (χ0n) is 10.3. The first kappa shape index (κ1) is 13.9. The van der Waals surface area contributed by atoms with Crippen LogP contribution in [0.4, 0.5) is 4.39 Å². The molecule has 1 aliphatic carbocycles. The monoisotopic (exact) mass is 288 g/mol. The molecule has 19 heavy (non-hydrogen) atoms. The minimum atomic E-state index is -0.962. The lowest BCUT2D eigenvalue weighted by Crippen LogP contribution is -2.09. The van der Waals surface area contributed by atoms with Crippen LogP contribution in [-0.4, -0.2) is 23.3 Å². The van der Waals surface area contributed by atoms with Gasteiger partial charge in [0.15, 0.2) is 17.3 Å². The molecular weight excluding hydrogens is 275 g/mol. The summed E-state index contributed by atoms with van der Waals surface area (Å²) in [5, 5.41) is 18.8. The molecule has 2 N–H and O–H groups in total. The fourth-order valence-corrected chi connectivity index (χ4v) is 2.50. The van der Waals surface area contributed by atoms with Gasteiger partial charge in [0.25, 0.3) is 0 Å². The molecule has 1 saturated carbocycles. The molecule has 4 nitrogen and oxygen atoms in total. The minimum absolute atomic E-state index is 0.122. The van der Waals surface area contributed by atoms with Gasteiger partial charge in [-0.3, -0.25) is 4.79 Å². The Balaban J connectivity index is 2.47. The first-order valence-corrected chi connectivity index (χ1v) is 6.30. The van der Waals surface area contributed by atoms with Gasteiger partial charge in [-0.15, -0.1) is 0 Å². The summed E-state index contributed by atoms with van der Waals surface area (Å²) in [7, 11) is 1.22. The van der Waals surface area contributed by atoms with E-state index in [1.54, 1.807) is 0 Å². The maximum absolute atomic E-state index is 13.7. The number of hydrogen-bond donors (Lipinski definition) is 2. The number of ether oxygens (including phenoxy) is 1. The molecular formula is C13H14ClFO4. The largest absolute Gasteiger partial charge is 0.504 e. The Labute approximate surface area is 114 Å². The van der Waals surface area contributed by atoms with Gasteiger partial charge >= 0.3 is 5.97 Å². The highest BCUT2D eigenvalue weighted by molar-refractivity contribution is 6.31. The van der Waals surface area contributed by atoms with Gasteiger partial charge in [0, 0.05) is 11.5 Å². The molecule has 0 radical (unpaired) electrons. The Bertz CT molecular complexity index is 514. The normalized spacial score (nSPS) is 16.2. The molecule has 1 aromatic carbocycles. The van der Waals surface area contributed by atoms with Crippen molar-refractivity contribution in [1.29, 1.82) is 0 Å². The fourth-order valence-electron chi connectivity index (χ4n) is 2.30. The number of hydrogen-bond acceptors (Lipinski definition) is 3. The molecule has 0 spiro atoms. The molecule has 1 atom stereocenters. The van der Waals surface area contributed by atoms with E-state index in [4.69, 9.17) is 21.4 Å². The molecule has 0 aliphatic heterocycles. The maximum atomic E-state index is 13.7. The van der Waals surface area contributed by atoms with Crippen LogP contribution in [0.3, 0.4) is 0 Å². The van der Waals surface area contributed by atoms with Gasteiger partial charge in [-0.25, -0.2) is 4.39 Å². The van der Waals surface area contributed by atoms with Crippen molar-refractivity contribution < 1.29 is 24.1 Å². The summed E-state index contributed by atoms with van der Waals surface area (Å²) in [4.78, 5) is 10.9. The molecule has 1 aliphatic rings. The lowest BCUT2D eigenvalue weighted by Gasteiger charge is -2.18. The van der Waals surface area contributed by atoms with E-state index in [-0.39, 0.29) is 34.8 Å². The molecule has 1 aromatic rings. The molecule has 0 heterocycles. The van der Waals surface area contributed by atoms with E-state index in [2.05, 4.69) is 0 Å². The van der Waals surface area contributed by atoms with Crippen molar-refractivity contribution in [2.24, 2.45) is 5.92 Å². The Morgan fingerprint density at radius 3 is 2.74 bits per heavy atom. The average Bonchev–Trinajstić information content (AvgIpc) is 3.16. The molecule has 104 valence electrons. The Morgan fingerprint density at radius 1 is 1.63 bits per heavy atom. The number of aromatic hydroxyl groups is 1. The quantitative estimate of drug-likeness (QED) is 0.873. The van der Waals surface area contributed by atoms with Crippen LogP contribution < -0.4 is 4.74 Å². The smallest absolute Gasteiger partial charge is 0.303 e. The highest BCUT2D eigenvalue weighted by Gasteiger charge is 2.36. The number of benzene rings is 1. The van der Waals surface area contributed by atoms with Crippen LogP contribution in [0.1, 0.15) is 30.7 Å². The van der Waals surface area contributed by atoms with Crippen molar-refractivity contribution in [3.63, 3.8) is 0 Å². The van der Waals surface area contributed by atoms with Crippen LogP contribution in [-0.2, 0) is 4.79 Å². The van der Waals surface area contributed by atoms with Gasteiger partial charge in [0.1, 0.15) is 0 Å². The number of methoxy groups -OCH3 is 1. The van der Waals surface area contributed by atoms with E-state index in [0.29, 0.717) is 5.56 Å². The molecule has 0 amide bonds. The van der Waals surface area contributed by atoms with E-state index in [0.717, 1.165) is 12.8 Å². The molecule has 1 fully saturated rings. The van der Waals surface area contributed by atoms with Gasteiger partial charge < -0.3 is 14.9 Å². The lowest BCUT2D eigenvalue weighted by molar-refractivity contribution is -0.137. The summed E-state index contributed by atoms with van der Waals surface area (Å²) in [5.41, 5.74) is 0.341. The van der Waals surface area contributed by atoms with Gasteiger partial charge in [-0.05, 0) is 24.8 Å². The topological polar surface area (TPSA) is 66.8 Å². The third-order valence-electron chi connectivity index (χ3n) is 3.37. The van der Waals surface area contributed by atoms with Gasteiger partial charge in [0.2, 0.25) is 0 Å². The van der Waals surface area contributed by atoms with Gasteiger partial charge in [0.05, 0.1) is 18.6 Å². The SMILES string of the molecule is COc1c(O)c(C(CC(=O)O)C2CC2)cc(Cl)c1F. The molecule has 0 bridgehead atoms. The summed E-state index contributed by atoms with van der Waals surface area (Å²) in [6, 6.07) is 1.29. The third-order valence-corrected chi connectivity index (χ3v) is 3.64. The number of phenolic OH excluding ortho intramolecular Hbond substituents is 1. The number of rotatable bonds is 5. The van der Waals surface area contributed by atoms with Crippen LogP contribution in [0, 0.1) is 11.7 Å². The number of carboxylic acid groups (broad SMARTS) is 1. The summed E-state index contributed by atoms with van der Waals surface area (Å²) in [5.74, 6) is -2.68. The van der Waals surface area contributed by atoms with Crippen LogP contribution in [0.5, 0.6) is 11.5 Å². The van der Waals surface area contributed by atoms with Crippen LogP contribution >= 0.6 is 11.6 Å². The van der Waals surface area contributed by atoms with Crippen molar-refractivity contribution in [2.75, 3.05) is 7.11 Å². The second-order valence-corrected chi connectivity index (χ2v) is 5.09. The second-order valence-electron chi connectivity index (χ2n) is 4.69. The maximum Gasteiger partial charge on any atom is 0.303 e. The molecule has 2 rings (SSSR count). The van der Waals surface area contributed by atoms with Crippen molar-refractivity contribution in [3.8, 4) is 11.5 Å². The molecule has 1 unspecified atom stereocenters. The first-order valence-electron chi connectivity index (χ1n) is 5.92. The van der Waals surface area contributed by atoms with Crippen molar-refractivity contribution in [1.82, 2.24) is 0 Å². The van der Waals surface area contributed by atoms with Crippen molar-refractivity contribution >= 4 is 17.6 Å². The number of phenols is 1. The standard InChI is InChI=1S/C13H14ClFO4/c1-19-13-11(15)9(14)4-8(12(13)18)7(5-10(16)17)6-2-3-6/h4,6-7,18H,2-3,5H2,1H3,(H,16,17). The third kappa shape index (κ3) is 2.76. The van der Waals surface area contributed by atoms with Gasteiger partial charge in [-0.2, -0.15) is 0 Å². The lowest BCUT2D eigenvalue weighted by atomic mass is 9.90. The van der Waals surface area contributed by atoms with E-state index >= 15 is 0 Å². The fraction of sp³-hybridized carbons (Fsp3) is 0.462. The number of aliphatic carboxylic acids is 1. The summed E-state index contributed by atoms with van der Waals surface area (Å²) in [6.07, 6.45) is 1.67. The van der Waals surface area contributed by atoms with Crippen LogP contribution in [0.15, 0.2) is 6.07 Å². The van der Waals surface area contributed by atoms with Crippen LogP contribution in [0.25, 0.3) is 0 Å². The molecule has 0 saturated heterocycles. The first-order chi connectivity index (χ1) is 8.95. The Kier molecular flexibility index (Phi) is 3.85. The van der Waals surface area contributed by atoms with Crippen LogP contribution in [0.2, 0.25) is 5.02 Å². The summed E-state index contributed by atoms with van der Waals surface area (Å²) < 4.78 is 18.4. The summed E-state index contributed by atoms with van der Waals surface area (Å²) >= 11 is 5.76. The van der Waals surface area contributed by atoms with E-state index in [1.807, 2.05) is 0 Å². The number of halogens is 2. The zero-order valence-corrected chi connectivity index (χ0v) is 11.1. The van der Waals surface area contributed by atoms with Gasteiger partial charge in [-0.1, -0.05) is 11.6 Å². The second kappa shape index (κ2) is 5.25. The average molecular weight is 289 g/mol. The zero-order chi connectivity index (χ0) is 14.2. The van der Waals surface area contributed by atoms with E-state index in [9.17, 15) is 14.3 Å². The predicted molar refractivity (Wildman–Crippen MR) is 67.3 cm³/mol. The van der Waals surface area contributed by atoms with Crippen molar-refractivity contribution in [2.45, 2.75) is 25.2 Å².